The van der Waals surface area contributed by atoms with Crippen molar-refractivity contribution < 1.29 is 4.79 Å². The monoisotopic (exact) mass is 240 g/mol. The van der Waals surface area contributed by atoms with Gasteiger partial charge in [-0.3, -0.25) is 0 Å². The minimum Gasteiger partial charge on any atom is -0.338 e. The summed E-state index contributed by atoms with van der Waals surface area (Å²) in [4.78, 5) is 13.8. The molecule has 0 bridgehead atoms. The Hall–Kier alpha value is -0.730. The Labute approximate surface area is 106 Å². The standard InChI is InChI=1S/C14H28N2O/c1-5-13(11(3)4)12-8-7-9-16(10-12)14(17)15-6-2/h11-13H,5-10H2,1-4H3,(H,15,17). The summed E-state index contributed by atoms with van der Waals surface area (Å²) in [6, 6.07) is 0.121. The molecule has 1 rings (SSSR count). The molecule has 3 nitrogen and oxygen atoms in total. The van der Waals surface area contributed by atoms with Gasteiger partial charge in [0.2, 0.25) is 0 Å². The summed E-state index contributed by atoms with van der Waals surface area (Å²) in [5, 5.41) is 2.91. The van der Waals surface area contributed by atoms with E-state index < -0.39 is 0 Å². The minimum absolute atomic E-state index is 0.121. The van der Waals surface area contributed by atoms with E-state index in [1.54, 1.807) is 0 Å². The van der Waals surface area contributed by atoms with Crippen LogP contribution in [-0.2, 0) is 0 Å². The van der Waals surface area contributed by atoms with Gasteiger partial charge in [0.1, 0.15) is 0 Å². The molecule has 2 atom stereocenters. The molecule has 100 valence electrons. The van der Waals surface area contributed by atoms with E-state index in [1.807, 2.05) is 11.8 Å². The topological polar surface area (TPSA) is 32.3 Å². The molecule has 0 spiro atoms. The van der Waals surface area contributed by atoms with Gasteiger partial charge in [-0.1, -0.05) is 27.2 Å². The number of nitrogens with zero attached hydrogens (tertiary/aromatic N) is 1. The van der Waals surface area contributed by atoms with Crippen LogP contribution in [0.1, 0.15) is 47.0 Å². The third-order valence-corrected chi connectivity index (χ3v) is 4.01. The highest BCUT2D eigenvalue weighted by molar-refractivity contribution is 5.74. The predicted molar refractivity (Wildman–Crippen MR) is 72.0 cm³/mol. The lowest BCUT2D eigenvalue weighted by molar-refractivity contribution is 0.122. The molecule has 0 aromatic carbocycles. The smallest absolute Gasteiger partial charge is 0.317 e. The number of carbonyl (C=O) groups is 1. The van der Waals surface area contributed by atoms with E-state index in [9.17, 15) is 4.79 Å². The second kappa shape index (κ2) is 6.87. The van der Waals surface area contributed by atoms with E-state index in [0.29, 0.717) is 5.92 Å². The normalized spacial score (nSPS) is 22.6. The highest BCUT2D eigenvalue weighted by Gasteiger charge is 2.29. The van der Waals surface area contributed by atoms with Crippen LogP contribution in [0.15, 0.2) is 0 Å². The number of hydrogen-bond donors (Lipinski definition) is 1. The third kappa shape index (κ3) is 3.90. The molecule has 0 aliphatic carbocycles. The Bertz CT molecular complexity index is 240. The van der Waals surface area contributed by atoms with Gasteiger partial charge >= 0.3 is 6.03 Å². The SMILES string of the molecule is CCNC(=O)N1CCCC(C(CC)C(C)C)C1. The first-order valence-corrected chi connectivity index (χ1v) is 7.12. The van der Waals surface area contributed by atoms with Crippen LogP contribution in [0.4, 0.5) is 4.79 Å². The van der Waals surface area contributed by atoms with Crippen molar-refractivity contribution in [1.82, 2.24) is 10.2 Å². The Morgan fingerprint density at radius 1 is 1.41 bits per heavy atom. The van der Waals surface area contributed by atoms with Crippen molar-refractivity contribution in [3.63, 3.8) is 0 Å². The maximum absolute atomic E-state index is 11.8. The Kier molecular flexibility index (Phi) is 5.79. The third-order valence-electron chi connectivity index (χ3n) is 4.01. The average Bonchev–Trinajstić information content (AvgIpc) is 2.30. The molecule has 2 unspecified atom stereocenters. The van der Waals surface area contributed by atoms with Gasteiger partial charge in [0.25, 0.3) is 0 Å². The van der Waals surface area contributed by atoms with Crippen LogP contribution in [0.5, 0.6) is 0 Å². The van der Waals surface area contributed by atoms with Gasteiger partial charge in [0.05, 0.1) is 0 Å². The molecule has 1 fully saturated rings. The predicted octanol–water partition coefficient (Wildman–Crippen LogP) is 3.11. The fourth-order valence-electron chi connectivity index (χ4n) is 3.16. The van der Waals surface area contributed by atoms with E-state index in [2.05, 4.69) is 26.1 Å². The fourth-order valence-corrected chi connectivity index (χ4v) is 3.16. The van der Waals surface area contributed by atoms with Crippen molar-refractivity contribution in [3.8, 4) is 0 Å². The number of carbonyl (C=O) groups excluding carboxylic acids is 1. The second-order valence-corrected chi connectivity index (χ2v) is 5.50. The number of piperidine rings is 1. The highest BCUT2D eigenvalue weighted by atomic mass is 16.2. The van der Waals surface area contributed by atoms with Crippen LogP contribution in [0, 0.1) is 17.8 Å². The largest absolute Gasteiger partial charge is 0.338 e. The summed E-state index contributed by atoms with van der Waals surface area (Å²) in [5.41, 5.74) is 0. The number of hydrogen-bond acceptors (Lipinski definition) is 1. The van der Waals surface area contributed by atoms with Crippen LogP contribution >= 0.6 is 0 Å². The summed E-state index contributed by atoms with van der Waals surface area (Å²) >= 11 is 0. The lowest BCUT2D eigenvalue weighted by Crippen LogP contribution is -2.47. The van der Waals surface area contributed by atoms with Gasteiger partial charge in [0.15, 0.2) is 0 Å². The highest BCUT2D eigenvalue weighted by Crippen LogP contribution is 2.31. The van der Waals surface area contributed by atoms with Crippen LogP contribution in [0.2, 0.25) is 0 Å². The van der Waals surface area contributed by atoms with Gasteiger partial charge in [-0.05, 0) is 37.5 Å². The van der Waals surface area contributed by atoms with Crippen molar-refractivity contribution in [3.05, 3.63) is 0 Å². The number of nitrogens with one attached hydrogen (secondary N) is 1. The van der Waals surface area contributed by atoms with E-state index in [-0.39, 0.29) is 6.03 Å². The van der Waals surface area contributed by atoms with E-state index in [1.165, 1.54) is 12.8 Å². The van der Waals surface area contributed by atoms with E-state index >= 15 is 0 Å². The molecule has 1 saturated heterocycles. The first kappa shape index (κ1) is 14.3. The molecular weight excluding hydrogens is 212 g/mol. The van der Waals surface area contributed by atoms with Crippen molar-refractivity contribution in [1.29, 1.82) is 0 Å². The number of urea groups is 1. The summed E-state index contributed by atoms with van der Waals surface area (Å²) < 4.78 is 0. The van der Waals surface area contributed by atoms with E-state index in [4.69, 9.17) is 0 Å². The van der Waals surface area contributed by atoms with Crippen LogP contribution in [0.25, 0.3) is 0 Å². The van der Waals surface area contributed by atoms with Crippen LogP contribution < -0.4 is 5.32 Å². The van der Waals surface area contributed by atoms with Crippen LogP contribution in [0.3, 0.4) is 0 Å². The Morgan fingerprint density at radius 2 is 2.12 bits per heavy atom. The molecule has 0 radical (unpaired) electrons. The number of rotatable bonds is 4. The molecule has 1 aliphatic rings. The zero-order valence-corrected chi connectivity index (χ0v) is 11.8. The lowest BCUT2D eigenvalue weighted by Gasteiger charge is -2.38. The quantitative estimate of drug-likeness (QED) is 0.804. The number of likely N-dealkylation sites (tertiary alicyclic amines) is 1. The average molecular weight is 240 g/mol. The lowest BCUT2D eigenvalue weighted by atomic mass is 9.77. The summed E-state index contributed by atoms with van der Waals surface area (Å²) in [6.45, 7) is 11.5. The minimum atomic E-state index is 0.121. The summed E-state index contributed by atoms with van der Waals surface area (Å²) in [6.07, 6.45) is 3.67. The second-order valence-electron chi connectivity index (χ2n) is 5.50. The first-order chi connectivity index (χ1) is 8.10. The van der Waals surface area contributed by atoms with Crippen LogP contribution in [-0.4, -0.2) is 30.6 Å². The number of amides is 2. The molecule has 3 heteroatoms. The fraction of sp³-hybridized carbons (Fsp3) is 0.929. The van der Waals surface area contributed by atoms with Gasteiger partial charge in [-0.2, -0.15) is 0 Å². The summed E-state index contributed by atoms with van der Waals surface area (Å²) in [5.74, 6) is 2.17. The van der Waals surface area contributed by atoms with Gasteiger partial charge in [-0.25, -0.2) is 4.79 Å². The molecule has 2 amide bonds. The first-order valence-electron chi connectivity index (χ1n) is 7.12. The van der Waals surface area contributed by atoms with Gasteiger partial charge in [-0.15, -0.1) is 0 Å². The molecular formula is C14H28N2O. The van der Waals surface area contributed by atoms with E-state index in [0.717, 1.165) is 37.9 Å². The Balaban J connectivity index is 2.56. The molecule has 0 saturated carbocycles. The van der Waals surface area contributed by atoms with Gasteiger partial charge in [0, 0.05) is 19.6 Å². The molecule has 0 aromatic rings. The molecule has 1 N–H and O–H groups in total. The maximum atomic E-state index is 11.8. The van der Waals surface area contributed by atoms with Crippen molar-refractivity contribution in [2.45, 2.75) is 47.0 Å². The van der Waals surface area contributed by atoms with Crippen molar-refractivity contribution in [2.24, 2.45) is 17.8 Å². The van der Waals surface area contributed by atoms with Crippen molar-refractivity contribution >= 4 is 6.03 Å². The van der Waals surface area contributed by atoms with Gasteiger partial charge < -0.3 is 10.2 Å². The molecule has 0 aromatic heterocycles. The van der Waals surface area contributed by atoms with Crippen molar-refractivity contribution in [2.75, 3.05) is 19.6 Å². The summed E-state index contributed by atoms with van der Waals surface area (Å²) in [7, 11) is 0. The molecule has 1 aliphatic heterocycles. The molecule has 1 heterocycles. The maximum Gasteiger partial charge on any atom is 0.317 e. The zero-order valence-electron chi connectivity index (χ0n) is 11.8. The zero-order chi connectivity index (χ0) is 12.8. The molecule has 17 heavy (non-hydrogen) atoms. The Morgan fingerprint density at radius 3 is 2.65 bits per heavy atom.